The zero-order chi connectivity index (χ0) is 12.1. The first kappa shape index (κ1) is 12.2. The minimum Gasteiger partial charge on any atom is -0.464 e. The molecule has 0 aliphatic rings. The second-order valence-electron chi connectivity index (χ2n) is 3.76. The van der Waals surface area contributed by atoms with Crippen LogP contribution in [0.2, 0.25) is 0 Å². The van der Waals surface area contributed by atoms with Gasteiger partial charge in [0.2, 0.25) is 0 Å². The molecule has 0 unspecified atom stereocenters. The molecule has 2 rings (SSSR count). The van der Waals surface area contributed by atoms with Crippen molar-refractivity contribution in [3.8, 4) is 0 Å². The van der Waals surface area contributed by atoms with Gasteiger partial charge in [-0.1, -0.05) is 0 Å². The third kappa shape index (κ3) is 3.34. The van der Waals surface area contributed by atoms with Crippen molar-refractivity contribution in [1.29, 1.82) is 0 Å². The van der Waals surface area contributed by atoms with Crippen LogP contribution in [0.5, 0.6) is 0 Å². The quantitative estimate of drug-likeness (QED) is 0.845. The van der Waals surface area contributed by atoms with Gasteiger partial charge >= 0.3 is 0 Å². The number of hydrogen-bond acceptors (Lipinski definition) is 5. The van der Waals surface area contributed by atoms with E-state index in [1.165, 1.54) is 0 Å². The average Bonchev–Trinajstić information content (AvgIpc) is 2.90. The molecular formula is C11H16N4OS. The second kappa shape index (κ2) is 5.88. The first-order valence-corrected chi connectivity index (χ1v) is 6.79. The van der Waals surface area contributed by atoms with E-state index in [0.717, 1.165) is 23.1 Å². The van der Waals surface area contributed by atoms with Gasteiger partial charge in [0.1, 0.15) is 23.7 Å². The Kier molecular flexibility index (Phi) is 4.22. The van der Waals surface area contributed by atoms with Gasteiger partial charge in [0.15, 0.2) is 0 Å². The third-order valence-corrected chi connectivity index (χ3v) is 2.96. The molecule has 17 heavy (non-hydrogen) atoms. The molecule has 0 amide bonds. The summed E-state index contributed by atoms with van der Waals surface area (Å²) in [7, 11) is 1.93. The lowest BCUT2D eigenvalue weighted by Crippen LogP contribution is -2.15. The Balaban J connectivity index is 1.80. The molecule has 0 fully saturated rings. The summed E-state index contributed by atoms with van der Waals surface area (Å²) in [5, 5.41) is 11.1. The number of thioether (sulfide) groups is 1. The van der Waals surface area contributed by atoms with Crippen LogP contribution in [0.3, 0.4) is 0 Å². The number of furan rings is 1. The van der Waals surface area contributed by atoms with Crippen molar-refractivity contribution < 1.29 is 4.42 Å². The van der Waals surface area contributed by atoms with Gasteiger partial charge in [-0.25, -0.2) is 0 Å². The lowest BCUT2D eigenvalue weighted by molar-refractivity contribution is 0.456. The first-order chi connectivity index (χ1) is 8.29. The lowest BCUT2D eigenvalue weighted by atomic mass is 10.4. The number of rotatable bonds is 6. The van der Waals surface area contributed by atoms with Crippen LogP contribution in [0.1, 0.15) is 17.3 Å². The van der Waals surface area contributed by atoms with Crippen molar-refractivity contribution >= 4 is 11.8 Å². The van der Waals surface area contributed by atoms with E-state index in [-0.39, 0.29) is 0 Å². The van der Waals surface area contributed by atoms with Crippen LogP contribution in [-0.4, -0.2) is 21.0 Å². The zero-order valence-electron chi connectivity index (χ0n) is 10.0. The summed E-state index contributed by atoms with van der Waals surface area (Å²) in [6.07, 6.45) is 3.76. The van der Waals surface area contributed by atoms with Crippen molar-refractivity contribution in [2.75, 3.05) is 6.26 Å². The molecule has 2 aromatic heterocycles. The maximum atomic E-state index is 5.65. The zero-order valence-corrected chi connectivity index (χ0v) is 10.8. The molecule has 6 heteroatoms. The summed E-state index contributed by atoms with van der Waals surface area (Å²) >= 11 is 1.76. The molecule has 0 aliphatic carbocycles. The Morgan fingerprint density at radius 2 is 2.18 bits per heavy atom. The number of aryl methyl sites for hydroxylation is 1. The van der Waals surface area contributed by atoms with Crippen LogP contribution in [-0.2, 0) is 25.9 Å². The predicted octanol–water partition coefficient (Wildman–Crippen LogP) is 1.56. The van der Waals surface area contributed by atoms with Crippen LogP contribution < -0.4 is 5.32 Å². The fourth-order valence-electron chi connectivity index (χ4n) is 1.50. The van der Waals surface area contributed by atoms with Crippen molar-refractivity contribution in [1.82, 2.24) is 20.1 Å². The fourth-order valence-corrected chi connectivity index (χ4v) is 1.94. The van der Waals surface area contributed by atoms with Crippen molar-refractivity contribution in [3.63, 3.8) is 0 Å². The van der Waals surface area contributed by atoms with E-state index in [1.807, 2.05) is 23.7 Å². The highest BCUT2D eigenvalue weighted by atomic mass is 32.2. The molecule has 0 spiro atoms. The molecule has 5 nitrogen and oxygen atoms in total. The van der Waals surface area contributed by atoms with E-state index in [0.29, 0.717) is 13.1 Å². The summed E-state index contributed by atoms with van der Waals surface area (Å²) in [6, 6.07) is 4.03. The Hall–Kier alpha value is -1.27. The molecule has 0 aromatic carbocycles. The Morgan fingerprint density at radius 3 is 2.88 bits per heavy atom. The second-order valence-corrected chi connectivity index (χ2v) is 4.63. The maximum absolute atomic E-state index is 5.65. The van der Waals surface area contributed by atoms with E-state index in [4.69, 9.17) is 4.42 Å². The highest BCUT2D eigenvalue weighted by molar-refractivity contribution is 7.97. The molecule has 1 N–H and O–H groups in total. The molecule has 0 atom stereocenters. The predicted molar refractivity (Wildman–Crippen MR) is 67.5 cm³/mol. The van der Waals surface area contributed by atoms with E-state index in [2.05, 4.69) is 21.8 Å². The Bertz CT molecular complexity index is 465. The normalized spacial score (nSPS) is 10.9. The first-order valence-electron chi connectivity index (χ1n) is 5.39. The number of nitrogens with one attached hydrogen (secondary N) is 1. The van der Waals surface area contributed by atoms with Crippen LogP contribution >= 0.6 is 11.8 Å². The van der Waals surface area contributed by atoms with Gasteiger partial charge in [-0.2, -0.15) is 11.8 Å². The molecule has 0 saturated heterocycles. The molecule has 2 aromatic rings. The molecule has 0 saturated carbocycles. The lowest BCUT2D eigenvalue weighted by Gasteiger charge is -2.01. The summed E-state index contributed by atoms with van der Waals surface area (Å²) in [6.45, 7) is 1.40. The Morgan fingerprint density at radius 1 is 1.35 bits per heavy atom. The standard InChI is InChI=1S/C11H16N4OS/c1-15-8-13-14-11(15)6-12-5-9-3-4-10(16-9)7-17-2/h3-4,8,12H,5-7H2,1-2H3. The third-order valence-electron chi connectivity index (χ3n) is 2.39. The average molecular weight is 252 g/mol. The van der Waals surface area contributed by atoms with Crippen molar-refractivity contribution in [2.45, 2.75) is 18.8 Å². The van der Waals surface area contributed by atoms with Crippen molar-refractivity contribution in [3.05, 3.63) is 35.8 Å². The molecular weight excluding hydrogens is 236 g/mol. The largest absolute Gasteiger partial charge is 0.464 e. The van der Waals surface area contributed by atoms with E-state index >= 15 is 0 Å². The molecule has 92 valence electrons. The van der Waals surface area contributed by atoms with E-state index in [9.17, 15) is 0 Å². The summed E-state index contributed by atoms with van der Waals surface area (Å²) in [5.41, 5.74) is 0. The molecule has 2 heterocycles. The Labute approximate surface area is 105 Å². The van der Waals surface area contributed by atoms with Crippen molar-refractivity contribution in [2.24, 2.45) is 7.05 Å². The van der Waals surface area contributed by atoms with Gasteiger partial charge in [0.25, 0.3) is 0 Å². The molecule has 0 radical (unpaired) electrons. The van der Waals surface area contributed by atoms with Gasteiger partial charge in [-0.05, 0) is 18.4 Å². The summed E-state index contributed by atoms with van der Waals surface area (Å²) < 4.78 is 7.54. The van der Waals surface area contributed by atoms with E-state index in [1.54, 1.807) is 18.1 Å². The van der Waals surface area contributed by atoms with Crippen LogP contribution in [0, 0.1) is 0 Å². The smallest absolute Gasteiger partial charge is 0.146 e. The van der Waals surface area contributed by atoms with E-state index < -0.39 is 0 Å². The topological polar surface area (TPSA) is 55.9 Å². The minimum atomic E-state index is 0.690. The SMILES string of the molecule is CSCc1ccc(CNCc2nncn2C)o1. The van der Waals surface area contributed by atoms with Gasteiger partial charge in [-0.3, -0.25) is 0 Å². The summed E-state index contributed by atoms with van der Waals surface area (Å²) in [5.74, 6) is 3.81. The van der Waals surface area contributed by atoms with Crippen LogP contribution in [0.4, 0.5) is 0 Å². The molecule has 0 aliphatic heterocycles. The highest BCUT2D eigenvalue weighted by Gasteiger charge is 2.03. The monoisotopic (exact) mass is 252 g/mol. The highest BCUT2D eigenvalue weighted by Crippen LogP contribution is 2.13. The summed E-state index contributed by atoms with van der Waals surface area (Å²) in [4.78, 5) is 0. The van der Waals surface area contributed by atoms with Gasteiger partial charge < -0.3 is 14.3 Å². The number of aromatic nitrogens is 3. The van der Waals surface area contributed by atoms with Gasteiger partial charge in [0, 0.05) is 7.05 Å². The number of hydrogen-bond donors (Lipinski definition) is 1. The maximum Gasteiger partial charge on any atom is 0.146 e. The fraction of sp³-hybridized carbons (Fsp3) is 0.455. The van der Waals surface area contributed by atoms with Gasteiger partial charge in [0.05, 0.1) is 18.8 Å². The van der Waals surface area contributed by atoms with Crippen LogP contribution in [0.15, 0.2) is 22.9 Å². The number of nitrogens with zero attached hydrogens (tertiary/aromatic N) is 3. The van der Waals surface area contributed by atoms with Crippen LogP contribution in [0.25, 0.3) is 0 Å². The molecule has 0 bridgehead atoms. The minimum absolute atomic E-state index is 0.690. The van der Waals surface area contributed by atoms with Gasteiger partial charge in [-0.15, -0.1) is 10.2 Å².